The number of benzene rings is 1. The zero-order chi connectivity index (χ0) is 17.8. The number of nitriles is 1. The Kier molecular flexibility index (Phi) is 5.17. The molecule has 0 aliphatic heterocycles. The number of fused-ring (bicyclic) bond motifs is 3. The van der Waals surface area contributed by atoms with Gasteiger partial charge in [-0.2, -0.15) is 5.26 Å². The van der Waals surface area contributed by atoms with Crippen molar-refractivity contribution in [2.75, 3.05) is 31.7 Å². The van der Waals surface area contributed by atoms with Gasteiger partial charge in [0.2, 0.25) is 0 Å². The van der Waals surface area contributed by atoms with E-state index in [1.165, 1.54) is 0 Å². The maximum Gasteiger partial charge on any atom is 0.157 e. The Morgan fingerprint density at radius 3 is 2.84 bits per heavy atom. The SMILES string of the molecule is CC(C)c1cc(NCCOCCO)n2c(nc3ccccc32)c1C#N. The highest BCUT2D eigenvalue weighted by Gasteiger charge is 2.18. The number of nitrogens with one attached hydrogen (secondary N) is 1. The first-order valence-electron chi connectivity index (χ1n) is 8.44. The fraction of sp³-hybridized carbons (Fsp3) is 0.368. The Bertz CT molecular complexity index is 924. The van der Waals surface area contributed by atoms with E-state index in [1.807, 2.05) is 34.7 Å². The largest absolute Gasteiger partial charge is 0.394 e. The Morgan fingerprint density at radius 1 is 1.32 bits per heavy atom. The standard InChI is InChI=1S/C19H22N4O2/c1-13(2)14-11-18(21-7-9-25-10-8-24)23-17-6-4-3-5-16(17)22-19(23)15(14)12-20/h3-6,11,13,21,24H,7-10H2,1-2H3. The van der Waals surface area contributed by atoms with Gasteiger partial charge in [0, 0.05) is 6.54 Å². The summed E-state index contributed by atoms with van der Waals surface area (Å²) >= 11 is 0. The predicted octanol–water partition coefficient (Wildman–Crippen LogP) is 2.90. The van der Waals surface area contributed by atoms with Crippen LogP contribution in [0.15, 0.2) is 30.3 Å². The quantitative estimate of drug-likeness (QED) is 0.647. The number of hydrogen-bond donors (Lipinski definition) is 2. The summed E-state index contributed by atoms with van der Waals surface area (Å²) in [7, 11) is 0. The summed E-state index contributed by atoms with van der Waals surface area (Å²) in [6.07, 6.45) is 0. The Labute approximate surface area is 146 Å². The van der Waals surface area contributed by atoms with Crippen molar-refractivity contribution in [3.63, 3.8) is 0 Å². The summed E-state index contributed by atoms with van der Waals surface area (Å²) in [5, 5.41) is 21.8. The second kappa shape index (κ2) is 7.51. The zero-order valence-corrected chi connectivity index (χ0v) is 14.5. The van der Waals surface area contributed by atoms with Crippen molar-refractivity contribution in [3.05, 3.63) is 41.5 Å². The maximum absolute atomic E-state index is 9.69. The molecule has 3 aromatic rings. The molecule has 0 saturated heterocycles. The molecule has 1 aromatic carbocycles. The minimum atomic E-state index is 0.0186. The smallest absolute Gasteiger partial charge is 0.157 e. The van der Waals surface area contributed by atoms with Crippen LogP contribution in [0.4, 0.5) is 5.82 Å². The van der Waals surface area contributed by atoms with Crippen LogP contribution in [0.1, 0.15) is 30.9 Å². The van der Waals surface area contributed by atoms with Gasteiger partial charge in [-0.15, -0.1) is 0 Å². The van der Waals surface area contributed by atoms with Gasteiger partial charge in [-0.3, -0.25) is 4.40 Å². The first-order chi connectivity index (χ1) is 12.2. The van der Waals surface area contributed by atoms with E-state index in [0.29, 0.717) is 31.0 Å². The molecular formula is C19H22N4O2. The number of hydrogen-bond acceptors (Lipinski definition) is 5. The zero-order valence-electron chi connectivity index (χ0n) is 14.5. The Balaban J connectivity index is 2.11. The van der Waals surface area contributed by atoms with Gasteiger partial charge in [0.05, 0.1) is 36.4 Å². The molecule has 0 aliphatic rings. The van der Waals surface area contributed by atoms with Gasteiger partial charge in [0.1, 0.15) is 11.9 Å². The highest BCUT2D eigenvalue weighted by atomic mass is 16.5. The normalized spacial score (nSPS) is 11.3. The third kappa shape index (κ3) is 3.29. The summed E-state index contributed by atoms with van der Waals surface area (Å²) in [5.74, 6) is 1.10. The summed E-state index contributed by atoms with van der Waals surface area (Å²) in [4.78, 5) is 4.68. The molecule has 2 N–H and O–H groups in total. The summed E-state index contributed by atoms with van der Waals surface area (Å²) < 4.78 is 7.31. The van der Waals surface area contributed by atoms with Gasteiger partial charge in [-0.1, -0.05) is 26.0 Å². The van der Waals surface area contributed by atoms with E-state index in [1.54, 1.807) is 0 Å². The van der Waals surface area contributed by atoms with Crippen molar-refractivity contribution in [2.24, 2.45) is 0 Å². The fourth-order valence-corrected chi connectivity index (χ4v) is 2.97. The van der Waals surface area contributed by atoms with E-state index in [0.717, 1.165) is 22.4 Å². The van der Waals surface area contributed by atoms with Crippen molar-refractivity contribution in [2.45, 2.75) is 19.8 Å². The van der Waals surface area contributed by atoms with Gasteiger partial charge in [-0.25, -0.2) is 4.98 Å². The fourth-order valence-electron chi connectivity index (χ4n) is 2.97. The van der Waals surface area contributed by atoms with Crippen LogP contribution in [-0.4, -0.2) is 40.9 Å². The Morgan fingerprint density at radius 2 is 2.12 bits per heavy atom. The molecule has 0 atom stereocenters. The van der Waals surface area contributed by atoms with Crippen LogP contribution in [0, 0.1) is 11.3 Å². The van der Waals surface area contributed by atoms with Gasteiger partial charge < -0.3 is 15.2 Å². The highest BCUT2D eigenvalue weighted by molar-refractivity contribution is 5.85. The van der Waals surface area contributed by atoms with E-state index >= 15 is 0 Å². The van der Waals surface area contributed by atoms with Gasteiger partial charge >= 0.3 is 0 Å². The van der Waals surface area contributed by atoms with Crippen LogP contribution in [0.5, 0.6) is 0 Å². The number of para-hydroxylation sites is 2. The number of anilines is 1. The number of imidazole rings is 1. The molecule has 3 rings (SSSR count). The van der Waals surface area contributed by atoms with E-state index in [4.69, 9.17) is 9.84 Å². The minimum Gasteiger partial charge on any atom is -0.394 e. The van der Waals surface area contributed by atoms with Crippen LogP contribution in [0.2, 0.25) is 0 Å². The second-order valence-corrected chi connectivity index (χ2v) is 6.15. The first-order valence-corrected chi connectivity index (χ1v) is 8.44. The molecule has 0 bridgehead atoms. The minimum absolute atomic E-state index is 0.0186. The van der Waals surface area contributed by atoms with Crippen molar-refractivity contribution in [1.82, 2.24) is 9.38 Å². The van der Waals surface area contributed by atoms with Gasteiger partial charge in [-0.05, 0) is 29.7 Å². The molecule has 0 fully saturated rings. The lowest BCUT2D eigenvalue weighted by atomic mass is 9.99. The number of nitrogens with zero attached hydrogens (tertiary/aromatic N) is 3. The second-order valence-electron chi connectivity index (χ2n) is 6.15. The lowest BCUT2D eigenvalue weighted by molar-refractivity contribution is 0.0992. The highest BCUT2D eigenvalue weighted by Crippen LogP contribution is 2.30. The number of rotatable bonds is 7. The molecule has 0 unspecified atom stereocenters. The predicted molar refractivity (Wildman–Crippen MR) is 97.9 cm³/mol. The molecule has 6 heteroatoms. The number of pyridine rings is 1. The lowest BCUT2D eigenvalue weighted by Gasteiger charge is -2.15. The molecule has 0 amide bonds. The number of aliphatic hydroxyl groups excluding tert-OH is 1. The van der Waals surface area contributed by atoms with Crippen molar-refractivity contribution in [3.8, 4) is 6.07 Å². The van der Waals surface area contributed by atoms with Crippen LogP contribution in [-0.2, 0) is 4.74 Å². The summed E-state index contributed by atoms with van der Waals surface area (Å²) in [6, 6.07) is 12.2. The average Bonchev–Trinajstić information content (AvgIpc) is 3.00. The van der Waals surface area contributed by atoms with Crippen molar-refractivity contribution in [1.29, 1.82) is 5.26 Å². The lowest BCUT2D eigenvalue weighted by Crippen LogP contribution is -2.14. The van der Waals surface area contributed by atoms with Gasteiger partial charge in [0.25, 0.3) is 0 Å². The van der Waals surface area contributed by atoms with Crippen LogP contribution >= 0.6 is 0 Å². The van der Waals surface area contributed by atoms with Crippen LogP contribution < -0.4 is 5.32 Å². The first kappa shape index (κ1) is 17.2. The monoisotopic (exact) mass is 338 g/mol. The van der Waals surface area contributed by atoms with Gasteiger partial charge in [0.15, 0.2) is 5.65 Å². The third-order valence-electron chi connectivity index (χ3n) is 4.13. The van der Waals surface area contributed by atoms with Crippen LogP contribution in [0.3, 0.4) is 0 Å². The number of aliphatic hydroxyl groups is 1. The molecule has 2 heterocycles. The number of ether oxygens (including phenoxy) is 1. The number of aromatic nitrogens is 2. The molecule has 6 nitrogen and oxygen atoms in total. The molecule has 0 saturated carbocycles. The molecule has 0 radical (unpaired) electrons. The van der Waals surface area contributed by atoms with E-state index in [-0.39, 0.29) is 12.5 Å². The maximum atomic E-state index is 9.69. The van der Waals surface area contributed by atoms with Crippen molar-refractivity contribution >= 4 is 22.5 Å². The molecule has 0 spiro atoms. The molecule has 2 aromatic heterocycles. The van der Waals surface area contributed by atoms with E-state index in [2.05, 4.69) is 30.2 Å². The summed E-state index contributed by atoms with van der Waals surface area (Å²) in [6.45, 7) is 5.59. The summed E-state index contributed by atoms with van der Waals surface area (Å²) in [5.41, 5.74) is 4.09. The topological polar surface area (TPSA) is 82.6 Å². The third-order valence-corrected chi connectivity index (χ3v) is 4.13. The van der Waals surface area contributed by atoms with E-state index in [9.17, 15) is 5.26 Å². The molecule has 130 valence electrons. The average molecular weight is 338 g/mol. The van der Waals surface area contributed by atoms with E-state index < -0.39 is 0 Å². The molecule has 25 heavy (non-hydrogen) atoms. The van der Waals surface area contributed by atoms with Crippen LogP contribution in [0.25, 0.3) is 16.7 Å². The molecular weight excluding hydrogens is 316 g/mol. The molecule has 0 aliphatic carbocycles. The Hall–Kier alpha value is -2.62. The van der Waals surface area contributed by atoms with Crippen molar-refractivity contribution < 1.29 is 9.84 Å².